The van der Waals surface area contributed by atoms with Crippen LogP contribution in [-0.2, 0) is 10.0 Å². The summed E-state index contributed by atoms with van der Waals surface area (Å²) in [7, 11) is -3.88. The Balaban J connectivity index is 3.32. The topological polar surface area (TPSA) is 89.3 Å². The van der Waals surface area contributed by atoms with Crippen LogP contribution in [0.3, 0.4) is 0 Å². The number of primary sulfonamides is 1. The minimum absolute atomic E-state index is 0.0447. The molecule has 21 heavy (non-hydrogen) atoms. The van der Waals surface area contributed by atoms with Crippen LogP contribution in [0.15, 0.2) is 21.5 Å². The molecular formula is C14H21BrN2O3S. The highest BCUT2D eigenvalue weighted by Gasteiger charge is 2.25. The Morgan fingerprint density at radius 2 is 1.86 bits per heavy atom. The summed E-state index contributed by atoms with van der Waals surface area (Å²) in [5.41, 5.74) is 0.336. The second kappa shape index (κ2) is 6.46. The first-order valence-corrected chi connectivity index (χ1v) is 9.03. The van der Waals surface area contributed by atoms with Crippen molar-refractivity contribution in [1.82, 2.24) is 5.32 Å². The molecule has 7 heteroatoms. The third-order valence-electron chi connectivity index (χ3n) is 3.85. The molecule has 0 fully saturated rings. The van der Waals surface area contributed by atoms with E-state index in [9.17, 15) is 13.2 Å². The molecule has 0 aliphatic rings. The van der Waals surface area contributed by atoms with Gasteiger partial charge in [0.25, 0.3) is 5.91 Å². The molecule has 0 aliphatic carbocycles. The molecule has 0 atom stereocenters. The summed E-state index contributed by atoms with van der Waals surface area (Å²) >= 11 is 3.22. The number of rotatable bonds is 5. The van der Waals surface area contributed by atoms with Gasteiger partial charge in [0, 0.05) is 15.6 Å². The molecule has 0 aliphatic heterocycles. The van der Waals surface area contributed by atoms with Gasteiger partial charge in [-0.2, -0.15) is 0 Å². The van der Waals surface area contributed by atoms with Gasteiger partial charge in [-0.15, -0.1) is 0 Å². The van der Waals surface area contributed by atoms with Gasteiger partial charge in [0.15, 0.2) is 0 Å². The number of nitrogens with two attached hydrogens (primary N) is 1. The Hall–Kier alpha value is -0.920. The summed E-state index contributed by atoms with van der Waals surface area (Å²) in [5.74, 6) is -0.301. The highest BCUT2D eigenvalue weighted by Crippen LogP contribution is 2.25. The van der Waals surface area contributed by atoms with E-state index in [0.29, 0.717) is 15.6 Å². The van der Waals surface area contributed by atoms with Gasteiger partial charge in [0.1, 0.15) is 0 Å². The molecule has 0 saturated heterocycles. The summed E-state index contributed by atoms with van der Waals surface area (Å²) in [4.78, 5) is 12.4. The molecule has 0 unspecified atom stereocenters. The van der Waals surface area contributed by atoms with E-state index in [1.807, 2.05) is 20.8 Å². The second-order valence-electron chi connectivity index (χ2n) is 5.34. The van der Waals surface area contributed by atoms with Crippen LogP contribution in [0.5, 0.6) is 0 Å². The van der Waals surface area contributed by atoms with Crippen molar-refractivity contribution in [3.63, 3.8) is 0 Å². The molecule has 3 N–H and O–H groups in total. The molecule has 0 aromatic heterocycles. The van der Waals surface area contributed by atoms with Crippen molar-refractivity contribution < 1.29 is 13.2 Å². The first kappa shape index (κ1) is 18.1. The van der Waals surface area contributed by atoms with E-state index in [4.69, 9.17) is 5.14 Å². The van der Waals surface area contributed by atoms with Crippen molar-refractivity contribution in [3.05, 3.63) is 27.7 Å². The van der Waals surface area contributed by atoms with Crippen molar-refractivity contribution in [2.45, 2.75) is 51.0 Å². The molecule has 118 valence electrons. The van der Waals surface area contributed by atoms with E-state index in [2.05, 4.69) is 21.2 Å². The SMILES string of the molecule is CCC(C)(CC)NC(=O)c1cc(Br)cc(S(N)(=O)=O)c1C. The van der Waals surface area contributed by atoms with Crippen LogP contribution in [0.2, 0.25) is 0 Å². The van der Waals surface area contributed by atoms with E-state index in [1.54, 1.807) is 13.0 Å². The van der Waals surface area contributed by atoms with Crippen molar-refractivity contribution in [1.29, 1.82) is 0 Å². The lowest BCUT2D eigenvalue weighted by atomic mass is 9.94. The van der Waals surface area contributed by atoms with Gasteiger partial charge < -0.3 is 5.32 Å². The zero-order valence-electron chi connectivity index (χ0n) is 12.7. The lowest BCUT2D eigenvalue weighted by Crippen LogP contribution is -2.45. The summed E-state index contributed by atoms with van der Waals surface area (Å²) in [6.45, 7) is 7.52. The second-order valence-corrected chi connectivity index (χ2v) is 7.79. The monoisotopic (exact) mass is 376 g/mol. The van der Waals surface area contributed by atoms with Crippen molar-refractivity contribution in [2.24, 2.45) is 5.14 Å². The summed E-state index contributed by atoms with van der Waals surface area (Å²) < 4.78 is 23.7. The average molecular weight is 377 g/mol. The van der Waals surface area contributed by atoms with E-state index in [-0.39, 0.29) is 16.3 Å². The first-order chi connectivity index (χ1) is 9.54. The summed E-state index contributed by atoms with van der Waals surface area (Å²) in [5, 5.41) is 8.16. The first-order valence-electron chi connectivity index (χ1n) is 6.69. The fourth-order valence-corrected chi connectivity index (χ4v) is 3.39. The number of hydrogen-bond acceptors (Lipinski definition) is 3. The Labute approximate surface area is 134 Å². The predicted molar refractivity (Wildman–Crippen MR) is 86.7 cm³/mol. The van der Waals surface area contributed by atoms with Crippen LogP contribution < -0.4 is 10.5 Å². The van der Waals surface area contributed by atoms with Crippen LogP contribution in [0.1, 0.15) is 49.5 Å². The lowest BCUT2D eigenvalue weighted by Gasteiger charge is -2.28. The molecule has 0 saturated carbocycles. The minimum Gasteiger partial charge on any atom is -0.347 e. The number of hydrogen-bond donors (Lipinski definition) is 2. The molecule has 0 spiro atoms. The minimum atomic E-state index is -3.88. The number of halogens is 1. The van der Waals surface area contributed by atoms with Crippen molar-refractivity contribution >= 4 is 31.9 Å². The molecule has 0 radical (unpaired) electrons. The highest BCUT2D eigenvalue weighted by molar-refractivity contribution is 9.10. The van der Waals surface area contributed by atoms with Crippen LogP contribution in [0, 0.1) is 6.92 Å². The van der Waals surface area contributed by atoms with Gasteiger partial charge in [-0.05, 0) is 44.4 Å². The predicted octanol–water partition coefficient (Wildman–Crippen LogP) is 2.71. The molecule has 1 aromatic carbocycles. The Bertz CT molecular complexity index is 652. The van der Waals surface area contributed by atoms with E-state index in [1.165, 1.54) is 6.07 Å². The maximum Gasteiger partial charge on any atom is 0.252 e. The van der Waals surface area contributed by atoms with Gasteiger partial charge in [0.2, 0.25) is 10.0 Å². The molecule has 5 nitrogen and oxygen atoms in total. The smallest absolute Gasteiger partial charge is 0.252 e. The largest absolute Gasteiger partial charge is 0.347 e. The van der Waals surface area contributed by atoms with Crippen LogP contribution in [0.25, 0.3) is 0 Å². The lowest BCUT2D eigenvalue weighted by molar-refractivity contribution is 0.0900. The molecule has 0 bridgehead atoms. The van der Waals surface area contributed by atoms with E-state index >= 15 is 0 Å². The van der Waals surface area contributed by atoms with Crippen LogP contribution in [-0.4, -0.2) is 19.9 Å². The zero-order valence-corrected chi connectivity index (χ0v) is 15.1. The summed E-state index contributed by atoms with van der Waals surface area (Å²) in [6.07, 6.45) is 1.56. The number of amides is 1. The standard InChI is InChI=1S/C14H21BrN2O3S/c1-5-14(4,6-2)17-13(18)11-7-10(15)8-12(9(11)3)21(16,19)20/h7-8H,5-6H2,1-4H3,(H,17,18)(H2,16,19,20). The van der Waals surface area contributed by atoms with Gasteiger partial charge in [-0.25, -0.2) is 13.6 Å². The van der Waals surface area contributed by atoms with Crippen LogP contribution >= 0.6 is 15.9 Å². The van der Waals surface area contributed by atoms with E-state index in [0.717, 1.165) is 12.8 Å². The van der Waals surface area contributed by atoms with Crippen molar-refractivity contribution in [2.75, 3.05) is 0 Å². The molecule has 0 heterocycles. The van der Waals surface area contributed by atoms with Crippen LogP contribution in [0.4, 0.5) is 0 Å². The van der Waals surface area contributed by atoms with Crippen molar-refractivity contribution in [3.8, 4) is 0 Å². The summed E-state index contributed by atoms with van der Waals surface area (Å²) in [6, 6.07) is 3.01. The quantitative estimate of drug-likeness (QED) is 0.827. The van der Waals surface area contributed by atoms with Gasteiger partial charge in [-0.3, -0.25) is 4.79 Å². The number of benzene rings is 1. The fourth-order valence-electron chi connectivity index (χ4n) is 1.95. The fraction of sp³-hybridized carbons (Fsp3) is 0.500. The maximum atomic E-state index is 12.5. The number of sulfonamides is 1. The Kier molecular flexibility index (Phi) is 5.57. The number of carbonyl (C=O) groups excluding carboxylic acids is 1. The normalized spacial score (nSPS) is 12.3. The van der Waals surface area contributed by atoms with Gasteiger partial charge in [-0.1, -0.05) is 29.8 Å². The molecule has 1 amide bonds. The number of carbonyl (C=O) groups is 1. The Morgan fingerprint density at radius 3 is 2.29 bits per heavy atom. The highest BCUT2D eigenvalue weighted by atomic mass is 79.9. The van der Waals surface area contributed by atoms with Gasteiger partial charge in [0.05, 0.1) is 4.90 Å². The third kappa shape index (κ3) is 4.28. The molecule has 1 rings (SSSR count). The maximum absolute atomic E-state index is 12.5. The third-order valence-corrected chi connectivity index (χ3v) is 5.35. The number of nitrogens with one attached hydrogen (secondary N) is 1. The Morgan fingerprint density at radius 1 is 1.33 bits per heavy atom. The molecular weight excluding hydrogens is 356 g/mol. The van der Waals surface area contributed by atoms with E-state index < -0.39 is 10.0 Å². The zero-order chi connectivity index (χ0) is 16.4. The van der Waals surface area contributed by atoms with Gasteiger partial charge >= 0.3 is 0 Å². The average Bonchev–Trinajstić information content (AvgIpc) is 2.39. The molecule has 1 aromatic rings.